The van der Waals surface area contributed by atoms with Crippen molar-refractivity contribution in [1.29, 1.82) is 0 Å². The molecular weight excluding hydrogens is 550 g/mol. The van der Waals surface area contributed by atoms with E-state index in [0.29, 0.717) is 29.3 Å². The molecule has 0 radical (unpaired) electrons. The number of carbonyl (C=O) groups is 1. The number of imidazole rings is 1. The van der Waals surface area contributed by atoms with Crippen LogP contribution in [0.15, 0.2) is 17.2 Å². The van der Waals surface area contributed by atoms with Crippen LogP contribution in [0.4, 0.5) is 14.5 Å². The number of fused-ring (bicyclic) bond motifs is 1. The predicted octanol–water partition coefficient (Wildman–Crippen LogP) is 2.54. The van der Waals surface area contributed by atoms with Crippen molar-refractivity contribution in [3.05, 3.63) is 23.0 Å². The van der Waals surface area contributed by atoms with Gasteiger partial charge in [-0.3, -0.25) is 14.5 Å². The molecule has 3 fully saturated rings. The van der Waals surface area contributed by atoms with Crippen molar-refractivity contribution < 1.29 is 22.0 Å². The van der Waals surface area contributed by atoms with Crippen molar-refractivity contribution in [2.45, 2.75) is 80.8 Å². The van der Waals surface area contributed by atoms with Gasteiger partial charge >= 0.3 is 0 Å². The molecule has 4 heterocycles. The largest absolute Gasteiger partial charge is 0.368 e. The fourth-order valence-corrected chi connectivity index (χ4v) is 7.35. The third kappa shape index (κ3) is 5.00. The van der Waals surface area contributed by atoms with E-state index in [0.717, 1.165) is 37.0 Å². The molecule has 2 aliphatic carbocycles. The normalized spacial score (nSPS) is 22.5. The Kier molecular flexibility index (Phi) is 6.03. The number of nitrogens with zero attached hydrogens (tertiary/aromatic N) is 5. The molecular formula is C24H30F2N8O3S2. The van der Waals surface area contributed by atoms with E-state index in [-0.39, 0.29) is 22.4 Å². The monoisotopic (exact) mass is 580 g/mol. The minimum absolute atomic E-state index is 0.00434. The van der Waals surface area contributed by atoms with Crippen LogP contribution in [0.25, 0.3) is 16.3 Å². The lowest BCUT2D eigenvalue weighted by molar-refractivity contribution is -0.120. The first kappa shape index (κ1) is 26.5. The summed E-state index contributed by atoms with van der Waals surface area (Å²) in [5.41, 5.74) is 6.73. The number of nitrogens with two attached hydrogens (primary N) is 1. The number of anilines is 1. The molecule has 3 aliphatic rings. The van der Waals surface area contributed by atoms with Crippen LogP contribution in [-0.4, -0.2) is 64.1 Å². The number of primary amides is 1. The van der Waals surface area contributed by atoms with Gasteiger partial charge in [0.25, 0.3) is 6.43 Å². The van der Waals surface area contributed by atoms with Crippen LogP contribution in [0.5, 0.6) is 0 Å². The van der Waals surface area contributed by atoms with Crippen LogP contribution in [0.2, 0.25) is 0 Å². The highest BCUT2D eigenvalue weighted by Gasteiger charge is 2.42. The molecule has 4 N–H and O–H groups in total. The highest BCUT2D eigenvalue weighted by molar-refractivity contribution is 7.89. The first-order chi connectivity index (χ1) is 18.3. The summed E-state index contributed by atoms with van der Waals surface area (Å²) in [5, 5.41) is 10.8. The number of carbonyl (C=O) groups excluding carboxylic acids is 1. The van der Waals surface area contributed by atoms with E-state index in [2.05, 4.69) is 20.2 Å². The average Bonchev–Trinajstić information content (AvgIpc) is 3.72. The number of sulfonamides is 1. The van der Waals surface area contributed by atoms with Gasteiger partial charge < -0.3 is 10.6 Å². The van der Waals surface area contributed by atoms with Crippen molar-refractivity contribution in [1.82, 2.24) is 29.6 Å². The number of hydrogen-bond donors (Lipinski definition) is 3. The topological polar surface area (TPSA) is 148 Å². The summed E-state index contributed by atoms with van der Waals surface area (Å²) in [6.45, 7) is 6.36. The minimum atomic E-state index is -3.95. The zero-order valence-corrected chi connectivity index (χ0v) is 23.4. The van der Waals surface area contributed by atoms with Crippen LogP contribution in [0, 0.1) is 0 Å². The van der Waals surface area contributed by atoms with Gasteiger partial charge in [0.15, 0.2) is 15.7 Å². The minimum Gasteiger partial charge on any atom is -0.368 e. The van der Waals surface area contributed by atoms with E-state index < -0.39 is 44.5 Å². The van der Waals surface area contributed by atoms with Crippen LogP contribution < -0.4 is 20.7 Å². The molecule has 1 amide bonds. The van der Waals surface area contributed by atoms with Gasteiger partial charge in [-0.15, -0.1) is 10.2 Å². The lowest BCUT2D eigenvalue weighted by Crippen LogP contribution is -2.65. The molecule has 1 saturated heterocycles. The van der Waals surface area contributed by atoms with E-state index in [9.17, 15) is 22.0 Å². The Morgan fingerprint density at radius 2 is 1.97 bits per heavy atom. The van der Waals surface area contributed by atoms with Crippen molar-refractivity contribution in [3.8, 4) is 10.7 Å². The summed E-state index contributed by atoms with van der Waals surface area (Å²) in [4.78, 5) is 19.0. The van der Waals surface area contributed by atoms with Gasteiger partial charge in [-0.05, 0) is 52.5 Å². The number of alkyl halides is 2. The average molecular weight is 581 g/mol. The first-order valence-corrected chi connectivity index (χ1v) is 15.1. The van der Waals surface area contributed by atoms with Gasteiger partial charge in [0.1, 0.15) is 16.6 Å². The zero-order chi connectivity index (χ0) is 27.9. The molecule has 0 spiro atoms. The summed E-state index contributed by atoms with van der Waals surface area (Å²) in [7, 11) is -3.95. The Labute approximate surface area is 228 Å². The number of piperazine rings is 1. The highest BCUT2D eigenvalue weighted by atomic mass is 32.2. The molecule has 1 atom stereocenters. The van der Waals surface area contributed by atoms with Gasteiger partial charge in [0.2, 0.25) is 15.9 Å². The standard InChI is InChI=1S/C24H30F2N8O3S2/c1-23(2)11-33(10-14(29-23)19(27)35)15-8-13(39(36,37)32-24(3)6-7-24)9-34-17(16(12-4-5-12)28-20(15)34)21-30-31-22(38-21)18(25)26/h8-9,12,14,18,29,32H,4-7,10-11H2,1-3H3,(H2,27,35)/t14-/m1/s1. The number of rotatable bonds is 8. The van der Waals surface area contributed by atoms with Crippen LogP contribution >= 0.6 is 11.3 Å². The van der Waals surface area contributed by atoms with Crippen LogP contribution in [0.1, 0.15) is 69.5 Å². The Morgan fingerprint density at radius 3 is 2.56 bits per heavy atom. The van der Waals surface area contributed by atoms with Gasteiger partial charge in [-0.2, -0.15) is 0 Å². The highest BCUT2D eigenvalue weighted by Crippen LogP contribution is 2.46. The number of amides is 1. The number of halogens is 2. The Balaban J connectivity index is 1.58. The van der Waals surface area contributed by atoms with E-state index >= 15 is 0 Å². The molecule has 1 aliphatic heterocycles. The van der Waals surface area contributed by atoms with Crippen LogP contribution in [0.3, 0.4) is 0 Å². The van der Waals surface area contributed by atoms with Gasteiger partial charge in [0, 0.05) is 36.3 Å². The molecule has 15 heteroatoms. The third-order valence-electron chi connectivity index (χ3n) is 7.43. The molecule has 3 aromatic rings. The molecule has 6 rings (SSSR count). The Bertz CT molecular complexity index is 1580. The number of nitrogens with one attached hydrogen (secondary N) is 2. The summed E-state index contributed by atoms with van der Waals surface area (Å²) in [6, 6.07) is 0.896. The molecule has 0 bridgehead atoms. The summed E-state index contributed by atoms with van der Waals surface area (Å²) < 4.78 is 58.4. The smallest absolute Gasteiger partial charge is 0.291 e. The lowest BCUT2D eigenvalue weighted by atomic mass is 9.97. The van der Waals surface area contributed by atoms with Gasteiger partial charge in [0.05, 0.1) is 11.4 Å². The zero-order valence-electron chi connectivity index (χ0n) is 21.7. The Morgan fingerprint density at radius 1 is 1.26 bits per heavy atom. The Hall–Kier alpha value is -2.75. The SMILES string of the molecule is CC1(C)CN(c2cc(S(=O)(=O)NC3(C)CC3)cn3c(-c4nnc(C(F)F)s4)c(C4CC4)nc23)C[C@H](C(N)=O)N1. The van der Waals surface area contributed by atoms with Crippen molar-refractivity contribution in [2.24, 2.45) is 5.73 Å². The van der Waals surface area contributed by atoms with E-state index in [4.69, 9.17) is 10.7 Å². The van der Waals surface area contributed by atoms with Crippen molar-refractivity contribution in [3.63, 3.8) is 0 Å². The summed E-state index contributed by atoms with van der Waals surface area (Å²) in [6.07, 6.45) is 1.92. The quantitative estimate of drug-likeness (QED) is 0.368. The van der Waals surface area contributed by atoms with Crippen molar-refractivity contribution >= 4 is 38.6 Å². The summed E-state index contributed by atoms with van der Waals surface area (Å²) >= 11 is 0.769. The number of pyridine rings is 1. The fraction of sp³-hybridized carbons (Fsp3) is 0.583. The second kappa shape index (κ2) is 8.88. The molecule has 0 aromatic carbocycles. The fourth-order valence-electron chi connectivity index (χ4n) is 5.12. The van der Waals surface area contributed by atoms with E-state index in [1.165, 1.54) is 6.20 Å². The van der Waals surface area contributed by atoms with Gasteiger partial charge in [-0.25, -0.2) is 26.9 Å². The molecule has 11 nitrogen and oxygen atoms in total. The number of aromatic nitrogens is 4. The molecule has 2 saturated carbocycles. The molecule has 39 heavy (non-hydrogen) atoms. The molecule has 3 aromatic heterocycles. The van der Waals surface area contributed by atoms with E-state index in [1.54, 1.807) is 10.5 Å². The lowest BCUT2D eigenvalue weighted by Gasteiger charge is -2.43. The third-order valence-corrected chi connectivity index (χ3v) is 9.97. The number of hydrogen-bond acceptors (Lipinski definition) is 9. The second-order valence-corrected chi connectivity index (χ2v) is 14.3. The second-order valence-electron chi connectivity index (χ2n) is 11.7. The maximum Gasteiger partial charge on any atom is 0.291 e. The van der Waals surface area contributed by atoms with Crippen LogP contribution in [-0.2, 0) is 14.8 Å². The van der Waals surface area contributed by atoms with E-state index in [1.807, 2.05) is 25.7 Å². The maximum atomic E-state index is 13.6. The van der Waals surface area contributed by atoms with Crippen molar-refractivity contribution in [2.75, 3.05) is 18.0 Å². The first-order valence-electron chi connectivity index (χ1n) is 12.8. The molecule has 0 unspecified atom stereocenters. The van der Waals surface area contributed by atoms with Gasteiger partial charge in [-0.1, -0.05) is 11.3 Å². The predicted molar refractivity (Wildman–Crippen MR) is 141 cm³/mol. The maximum absolute atomic E-state index is 13.6. The molecule has 210 valence electrons. The summed E-state index contributed by atoms with van der Waals surface area (Å²) in [5.74, 6) is -0.417.